The highest BCUT2D eigenvalue weighted by Crippen LogP contribution is 2.38. The topological polar surface area (TPSA) is 12.0 Å². The van der Waals surface area contributed by atoms with E-state index in [0.29, 0.717) is 6.54 Å². The molecule has 90 valence electrons. The minimum atomic E-state index is -4.38. The number of nitrogens with one attached hydrogen (secondary N) is 1. The summed E-state index contributed by atoms with van der Waals surface area (Å²) in [5, 5.41) is 2.84. The van der Waals surface area contributed by atoms with Gasteiger partial charge in [-0.3, -0.25) is 0 Å². The molecule has 0 saturated heterocycles. The van der Waals surface area contributed by atoms with Crippen molar-refractivity contribution in [2.24, 2.45) is 0 Å². The van der Waals surface area contributed by atoms with Crippen molar-refractivity contribution in [1.82, 2.24) is 0 Å². The van der Waals surface area contributed by atoms with Crippen LogP contribution in [0.5, 0.6) is 0 Å². The van der Waals surface area contributed by atoms with Crippen LogP contribution in [-0.4, -0.2) is 6.54 Å². The number of unbranched alkanes of at least 4 members (excludes halogenated alkanes) is 1. The zero-order valence-electron chi connectivity index (χ0n) is 8.87. The highest BCUT2D eigenvalue weighted by atomic mass is 35.5. The standard InChI is InChI=1S/C11H13ClF3N/c1-2-3-7-16-10-8(11(13,14)15)5-4-6-9(10)12/h4-6,16H,2-3,7H2,1H3. The molecule has 0 radical (unpaired) electrons. The maximum atomic E-state index is 12.6. The number of para-hydroxylation sites is 1. The first kappa shape index (κ1) is 13.2. The van der Waals surface area contributed by atoms with Crippen LogP contribution in [0.1, 0.15) is 25.3 Å². The third kappa shape index (κ3) is 3.30. The Morgan fingerprint density at radius 1 is 1.31 bits per heavy atom. The third-order valence-electron chi connectivity index (χ3n) is 2.15. The lowest BCUT2D eigenvalue weighted by molar-refractivity contribution is -0.136. The summed E-state index contributed by atoms with van der Waals surface area (Å²) in [5.41, 5.74) is -0.735. The fraction of sp³-hybridized carbons (Fsp3) is 0.455. The Labute approximate surface area is 97.6 Å². The minimum Gasteiger partial charge on any atom is -0.383 e. The molecule has 1 nitrogen and oxygen atoms in total. The number of benzene rings is 1. The summed E-state index contributed by atoms with van der Waals surface area (Å²) in [6.45, 7) is 2.46. The van der Waals surface area contributed by atoms with Crippen LogP contribution in [0.2, 0.25) is 5.02 Å². The largest absolute Gasteiger partial charge is 0.418 e. The Balaban J connectivity index is 2.95. The van der Waals surface area contributed by atoms with E-state index in [-0.39, 0.29) is 10.7 Å². The van der Waals surface area contributed by atoms with Crippen LogP contribution < -0.4 is 5.32 Å². The molecule has 1 aromatic rings. The molecule has 1 N–H and O–H groups in total. The maximum Gasteiger partial charge on any atom is 0.418 e. The summed E-state index contributed by atoms with van der Waals surface area (Å²) < 4.78 is 37.9. The van der Waals surface area contributed by atoms with Gasteiger partial charge in [-0.05, 0) is 18.6 Å². The molecule has 0 unspecified atom stereocenters. The number of rotatable bonds is 4. The van der Waals surface area contributed by atoms with Gasteiger partial charge in [0.15, 0.2) is 0 Å². The van der Waals surface area contributed by atoms with Gasteiger partial charge in [-0.15, -0.1) is 0 Å². The van der Waals surface area contributed by atoms with Gasteiger partial charge in [-0.25, -0.2) is 0 Å². The molecule has 5 heteroatoms. The van der Waals surface area contributed by atoms with Gasteiger partial charge in [-0.2, -0.15) is 13.2 Å². The van der Waals surface area contributed by atoms with Crippen LogP contribution in [-0.2, 0) is 6.18 Å². The number of hydrogen-bond acceptors (Lipinski definition) is 1. The quantitative estimate of drug-likeness (QED) is 0.773. The lowest BCUT2D eigenvalue weighted by Crippen LogP contribution is -2.12. The predicted molar refractivity (Wildman–Crippen MR) is 59.9 cm³/mol. The van der Waals surface area contributed by atoms with Gasteiger partial charge in [0.05, 0.1) is 16.3 Å². The second-order valence-electron chi connectivity index (χ2n) is 3.44. The van der Waals surface area contributed by atoms with Crippen LogP contribution >= 0.6 is 11.6 Å². The summed E-state index contributed by atoms with van der Waals surface area (Å²) >= 11 is 5.75. The lowest BCUT2D eigenvalue weighted by Gasteiger charge is -2.15. The molecular weight excluding hydrogens is 239 g/mol. The van der Waals surface area contributed by atoms with Crippen molar-refractivity contribution in [2.45, 2.75) is 25.9 Å². The Morgan fingerprint density at radius 3 is 2.56 bits per heavy atom. The van der Waals surface area contributed by atoms with E-state index in [9.17, 15) is 13.2 Å². The van der Waals surface area contributed by atoms with Crippen LogP contribution in [0, 0.1) is 0 Å². The average Bonchev–Trinajstić information content (AvgIpc) is 2.19. The molecule has 0 saturated carbocycles. The zero-order valence-corrected chi connectivity index (χ0v) is 9.62. The van der Waals surface area contributed by atoms with Crippen LogP contribution in [0.25, 0.3) is 0 Å². The second-order valence-corrected chi connectivity index (χ2v) is 3.85. The van der Waals surface area contributed by atoms with E-state index in [1.54, 1.807) is 0 Å². The fourth-order valence-corrected chi connectivity index (χ4v) is 1.57. The molecule has 0 spiro atoms. The number of anilines is 1. The molecule has 0 amide bonds. The van der Waals surface area contributed by atoms with E-state index in [2.05, 4.69) is 5.32 Å². The van der Waals surface area contributed by atoms with Crippen molar-refractivity contribution in [3.8, 4) is 0 Å². The van der Waals surface area contributed by atoms with E-state index in [1.165, 1.54) is 12.1 Å². The molecule has 1 rings (SSSR count). The smallest absolute Gasteiger partial charge is 0.383 e. The zero-order chi connectivity index (χ0) is 12.2. The first-order valence-corrected chi connectivity index (χ1v) is 5.44. The molecule has 16 heavy (non-hydrogen) atoms. The summed E-state index contributed by atoms with van der Waals surface area (Å²) in [6.07, 6.45) is -2.65. The van der Waals surface area contributed by atoms with Crippen molar-refractivity contribution in [1.29, 1.82) is 0 Å². The van der Waals surface area contributed by atoms with Gasteiger partial charge in [-0.1, -0.05) is 31.0 Å². The summed E-state index contributed by atoms with van der Waals surface area (Å²) in [4.78, 5) is 0. The number of halogens is 4. The van der Waals surface area contributed by atoms with Gasteiger partial charge in [0.2, 0.25) is 0 Å². The Kier molecular flexibility index (Phi) is 4.47. The summed E-state index contributed by atoms with van der Waals surface area (Å²) in [7, 11) is 0. The van der Waals surface area contributed by atoms with Crippen molar-refractivity contribution in [3.63, 3.8) is 0 Å². The molecule has 0 fully saturated rings. The molecule has 0 aromatic heterocycles. The van der Waals surface area contributed by atoms with Gasteiger partial charge >= 0.3 is 6.18 Å². The third-order valence-corrected chi connectivity index (χ3v) is 2.47. The van der Waals surface area contributed by atoms with E-state index >= 15 is 0 Å². The van der Waals surface area contributed by atoms with E-state index < -0.39 is 11.7 Å². The Bertz CT molecular complexity index is 350. The molecule has 0 bridgehead atoms. The molecule has 0 aliphatic carbocycles. The maximum absolute atomic E-state index is 12.6. The van der Waals surface area contributed by atoms with E-state index in [4.69, 9.17) is 11.6 Å². The van der Waals surface area contributed by atoms with Crippen LogP contribution in [0.3, 0.4) is 0 Å². The van der Waals surface area contributed by atoms with Gasteiger partial charge in [0, 0.05) is 6.54 Å². The Hall–Kier alpha value is -0.900. The minimum absolute atomic E-state index is 0.0230. The highest BCUT2D eigenvalue weighted by molar-refractivity contribution is 6.33. The monoisotopic (exact) mass is 251 g/mol. The van der Waals surface area contributed by atoms with Crippen molar-refractivity contribution in [3.05, 3.63) is 28.8 Å². The average molecular weight is 252 g/mol. The fourth-order valence-electron chi connectivity index (χ4n) is 1.33. The van der Waals surface area contributed by atoms with Crippen molar-refractivity contribution < 1.29 is 13.2 Å². The summed E-state index contributed by atoms with van der Waals surface area (Å²) in [5.74, 6) is 0. The van der Waals surface area contributed by atoms with Crippen molar-refractivity contribution in [2.75, 3.05) is 11.9 Å². The van der Waals surface area contributed by atoms with E-state index in [0.717, 1.165) is 18.9 Å². The first-order valence-electron chi connectivity index (χ1n) is 5.06. The van der Waals surface area contributed by atoms with Gasteiger partial charge < -0.3 is 5.32 Å². The molecule has 1 aromatic carbocycles. The predicted octanol–water partition coefficient (Wildman–Crippen LogP) is 4.57. The molecule has 0 atom stereocenters. The number of hydrogen-bond donors (Lipinski definition) is 1. The molecular formula is C11H13ClF3N. The molecule has 0 aliphatic rings. The lowest BCUT2D eigenvalue weighted by atomic mass is 10.1. The van der Waals surface area contributed by atoms with Gasteiger partial charge in [0.25, 0.3) is 0 Å². The second kappa shape index (κ2) is 5.43. The first-order chi connectivity index (χ1) is 7.46. The van der Waals surface area contributed by atoms with Crippen LogP contribution in [0.15, 0.2) is 18.2 Å². The van der Waals surface area contributed by atoms with Crippen molar-refractivity contribution >= 4 is 17.3 Å². The molecule has 0 heterocycles. The highest BCUT2D eigenvalue weighted by Gasteiger charge is 2.34. The summed E-state index contributed by atoms with van der Waals surface area (Å²) in [6, 6.07) is 3.78. The number of alkyl halides is 3. The molecule has 0 aliphatic heterocycles. The SMILES string of the molecule is CCCCNc1c(Cl)cccc1C(F)(F)F. The van der Waals surface area contributed by atoms with E-state index in [1.807, 2.05) is 6.92 Å². The van der Waals surface area contributed by atoms with Gasteiger partial charge in [0.1, 0.15) is 0 Å². The normalized spacial score (nSPS) is 11.6. The Morgan fingerprint density at radius 2 is 2.00 bits per heavy atom. The van der Waals surface area contributed by atoms with Crippen LogP contribution in [0.4, 0.5) is 18.9 Å².